The fourth-order valence-electron chi connectivity index (χ4n) is 1.94. The highest BCUT2D eigenvalue weighted by Crippen LogP contribution is 2.07. The van der Waals surface area contributed by atoms with Gasteiger partial charge >= 0.3 is 0 Å². The fourth-order valence-corrected chi connectivity index (χ4v) is 1.94. The van der Waals surface area contributed by atoms with E-state index in [-0.39, 0.29) is 6.10 Å². The maximum Gasteiger partial charge on any atom is 0.0897 e. The van der Waals surface area contributed by atoms with Gasteiger partial charge in [0.15, 0.2) is 0 Å². The third-order valence-corrected chi connectivity index (χ3v) is 2.90. The van der Waals surface area contributed by atoms with Crippen LogP contribution in [0.15, 0.2) is 12.4 Å². The van der Waals surface area contributed by atoms with Gasteiger partial charge in [-0.1, -0.05) is 13.8 Å². The van der Waals surface area contributed by atoms with Crippen molar-refractivity contribution >= 4 is 0 Å². The summed E-state index contributed by atoms with van der Waals surface area (Å²) >= 11 is 0. The van der Waals surface area contributed by atoms with E-state index < -0.39 is 6.10 Å². The minimum atomic E-state index is -0.497. The van der Waals surface area contributed by atoms with E-state index >= 15 is 0 Å². The van der Waals surface area contributed by atoms with Crippen molar-refractivity contribution in [3.8, 4) is 0 Å². The molecule has 0 aliphatic carbocycles. The standard InChI is InChI=1S/C15H27N3O2/c1-11(2)5-13(4)20-10-15(19)9-16-7-14-8-17-12(3)6-18-14/h6,8,11,13,15-16,19H,5,7,9-10H2,1-4H3. The first kappa shape index (κ1) is 17.0. The largest absolute Gasteiger partial charge is 0.389 e. The number of nitrogens with zero attached hydrogens (tertiary/aromatic N) is 2. The molecular formula is C15H27N3O2. The van der Waals surface area contributed by atoms with Crippen LogP contribution in [-0.2, 0) is 11.3 Å². The Bertz CT molecular complexity index is 368. The van der Waals surface area contributed by atoms with E-state index in [0.29, 0.717) is 25.6 Å². The summed E-state index contributed by atoms with van der Waals surface area (Å²) in [5.41, 5.74) is 1.78. The first-order chi connectivity index (χ1) is 9.47. The van der Waals surface area contributed by atoms with Gasteiger partial charge in [-0.3, -0.25) is 9.97 Å². The van der Waals surface area contributed by atoms with Crippen LogP contribution in [0.1, 0.15) is 38.6 Å². The summed E-state index contributed by atoms with van der Waals surface area (Å²) in [6.07, 6.45) is 4.19. The van der Waals surface area contributed by atoms with Crippen molar-refractivity contribution in [2.45, 2.75) is 52.9 Å². The van der Waals surface area contributed by atoms with E-state index in [1.54, 1.807) is 12.4 Å². The van der Waals surface area contributed by atoms with E-state index in [1.165, 1.54) is 0 Å². The monoisotopic (exact) mass is 281 g/mol. The molecule has 0 aliphatic heterocycles. The summed E-state index contributed by atoms with van der Waals surface area (Å²) in [5.74, 6) is 0.611. The number of hydrogen-bond acceptors (Lipinski definition) is 5. The number of aliphatic hydroxyl groups excluding tert-OH is 1. The fraction of sp³-hybridized carbons (Fsp3) is 0.733. The van der Waals surface area contributed by atoms with Crippen LogP contribution >= 0.6 is 0 Å². The predicted octanol–water partition coefficient (Wildman–Crippen LogP) is 1.69. The highest BCUT2D eigenvalue weighted by Gasteiger charge is 2.09. The van der Waals surface area contributed by atoms with Gasteiger partial charge in [0.25, 0.3) is 0 Å². The van der Waals surface area contributed by atoms with Gasteiger partial charge in [-0.05, 0) is 26.2 Å². The molecule has 1 rings (SSSR count). The van der Waals surface area contributed by atoms with Gasteiger partial charge in [0.1, 0.15) is 0 Å². The molecular weight excluding hydrogens is 254 g/mol. The zero-order valence-corrected chi connectivity index (χ0v) is 13.0. The van der Waals surface area contributed by atoms with Gasteiger partial charge < -0.3 is 15.2 Å². The van der Waals surface area contributed by atoms with Crippen molar-refractivity contribution in [1.82, 2.24) is 15.3 Å². The second-order valence-corrected chi connectivity index (χ2v) is 5.71. The summed E-state index contributed by atoms with van der Waals surface area (Å²) in [6.45, 7) is 9.74. The lowest BCUT2D eigenvalue weighted by Gasteiger charge is -2.18. The number of hydrogen-bond donors (Lipinski definition) is 2. The molecule has 1 aromatic heterocycles. The molecule has 2 atom stereocenters. The number of aromatic nitrogens is 2. The normalized spacial score (nSPS) is 14.5. The van der Waals surface area contributed by atoms with Gasteiger partial charge in [0.2, 0.25) is 0 Å². The summed E-state index contributed by atoms with van der Waals surface area (Å²) in [5, 5.41) is 13.0. The van der Waals surface area contributed by atoms with Crippen LogP contribution in [0.5, 0.6) is 0 Å². The molecule has 1 heterocycles. The first-order valence-corrected chi connectivity index (χ1v) is 7.25. The predicted molar refractivity (Wildman–Crippen MR) is 79.4 cm³/mol. The molecule has 5 heteroatoms. The van der Waals surface area contributed by atoms with Gasteiger partial charge in [0.05, 0.1) is 30.2 Å². The Kier molecular flexibility index (Phi) is 7.65. The van der Waals surface area contributed by atoms with Crippen LogP contribution in [0.25, 0.3) is 0 Å². The van der Waals surface area contributed by atoms with Crippen molar-refractivity contribution in [2.24, 2.45) is 5.92 Å². The van der Waals surface area contributed by atoms with Crippen molar-refractivity contribution in [2.75, 3.05) is 13.2 Å². The van der Waals surface area contributed by atoms with Gasteiger partial charge in [-0.15, -0.1) is 0 Å². The molecule has 0 saturated heterocycles. The minimum Gasteiger partial charge on any atom is -0.389 e. The zero-order chi connectivity index (χ0) is 15.0. The maximum atomic E-state index is 9.83. The zero-order valence-electron chi connectivity index (χ0n) is 13.0. The van der Waals surface area contributed by atoms with Gasteiger partial charge in [0, 0.05) is 25.5 Å². The second-order valence-electron chi connectivity index (χ2n) is 5.71. The van der Waals surface area contributed by atoms with Gasteiger partial charge in [-0.2, -0.15) is 0 Å². The lowest BCUT2D eigenvalue weighted by atomic mass is 10.1. The Hall–Kier alpha value is -1.04. The van der Waals surface area contributed by atoms with Gasteiger partial charge in [-0.25, -0.2) is 0 Å². The molecule has 2 unspecified atom stereocenters. The highest BCUT2D eigenvalue weighted by atomic mass is 16.5. The first-order valence-electron chi connectivity index (χ1n) is 7.25. The summed E-state index contributed by atoms with van der Waals surface area (Å²) < 4.78 is 5.62. The number of nitrogens with one attached hydrogen (secondary N) is 1. The lowest BCUT2D eigenvalue weighted by Crippen LogP contribution is -2.31. The highest BCUT2D eigenvalue weighted by molar-refractivity contribution is 5.00. The van der Waals surface area contributed by atoms with Crippen LogP contribution < -0.4 is 5.32 Å². The lowest BCUT2D eigenvalue weighted by molar-refractivity contribution is -0.00859. The number of rotatable bonds is 9. The quantitative estimate of drug-likeness (QED) is 0.721. The van der Waals surface area contributed by atoms with Crippen molar-refractivity contribution in [1.29, 1.82) is 0 Å². The average molecular weight is 281 g/mol. The molecule has 2 N–H and O–H groups in total. The molecule has 0 fully saturated rings. The van der Waals surface area contributed by atoms with Crippen molar-refractivity contribution in [3.05, 3.63) is 23.8 Å². The average Bonchev–Trinajstić information content (AvgIpc) is 2.38. The minimum absolute atomic E-state index is 0.188. The van der Waals surface area contributed by atoms with Crippen LogP contribution in [0.4, 0.5) is 0 Å². The van der Waals surface area contributed by atoms with E-state index in [0.717, 1.165) is 17.8 Å². The van der Waals surface area contributed by atoms with E-state index in [9.17, 15) is 5.11 Å². The van der Waals surface area contributed by atoms with Crippen LogP contribution in [0.3, 0.4) is 0 Å². The van der Waals surface area contributed by atoms with Crippen molar-refractivity contribution in [3.63, 3.8) is 0 Å². The molecule has 0 aromatic carbocycles. The second kappa shape index (κ2) is 9.00. The topological polar surface area (TPSA) is 67.3 Å². The summed E-state index contributed by atoms with van der Waals surface area (Å²) in [7, 11) is 0. The molecule has 0 radical (unpaired) electrons. The molecule has 0 bridgehead atoms. The molecule has 114 valence electrons. The molecule has 5 nitrogen and oxygen atoms in total. The van der Waals surface area contributed by atoms with Crippen LogP contribution in [-0.4, -0.2) is 40.4 Å². The van der Waals surface area contributed by atoms with E-state index in [4.69, 9.17) is 4.74 Å². The van der Waals surface area contributed by atoms with E-state index in [1.807, 2.05) is 13.8 Å². The SMILES string of the molecule is Cc1cnc(CNCC(O)COC(C)CC(C)C)cn1. The Morgan fingerprint density at radius 3 is 2.60 bits per heavy atom. The Morgan fingerprint density at radius 2 is 2.00 bits per heavy atom. The Morgan fingerprint density at radius 1 is 1.25 bits per heavy atom. The maximum absolute atomic E-state index is 9.83. The number of aliphatic hydroxyl groups is 1. The number of ether oxygens (including phenoxy) is 1. The third-order valence-electron chi connectivity index (χ3n) is 2.90. The number of aryl methyl sites for hydroxylation is 1. The van der Waals surface area contributed by atoms with Crippen LogP contribution in [0.2, 0.25) is 0 Å². The molecule has 20 heavy (non-hydrogen) atoms. The smallest absolute Gasteiger partial charge is 0.0897 e. The van der Waals surface area contributed by atoms with Crippen LogP contribution in [0, 0.1) is 12.8 Å². The molecule has 0 aliphatic rings. The molecule has 1 aromatic rings. The summed E-state index contributed by atoms with van der Waals surface area (Å²) in [4.78, 5) is 8.42. The van der Waals surface area contributed by atoms with E-state index in [2.05, 4.69) is 29.1 Å². The van der Waals surface area contributed by atoms with Crippen molar-refractivity contribution < 1.29 is 9.84 Å². The Balaban J connectivity index is 2.13. The third kappa shape index (κ3) is 7.53. The molecule has 0 amide bonds. The summed E-state index contributed by atoms with van der Waals surface area (Å²) in [6, 6.07) is 0. The molecule has 0 saturated carbocycles. The Labute approximate surface area is 121 Å². The molecule has 0 spiro atoms.